The first-order valence-electron chi connectivity index (χ1n) is 8.71. The number of aliphatic hydroxyl groups is 1. The first kappa shape index (κ1) is 16.0. The number of likely N-dealkylation sites (tertiary alicyclic amines) is 1. The summed E-state index contributed by atoms with van der Waals surface area (Å²) in [4.78, 5) is 26.5. The smallest absolute Gasteiger partial charge is 0.267 e. The molecule has 1 aromatic heterocycles. The molecular weight excluding hydrogens is 318 g/mol. The Bertz CT molecular complexity index is 833. The number of carbonyl (C=O) groups excluding carboxylic acids is 1. The van der Waals surface area contributed by atoms with Gasteiger partial charge in [0.05, 0.1) is 11.8 Å². The van der Waals surface area contributed by atoms with Gasteiger partial charge in [0.2, 0.25) is 5.91 Å². The molecule has 2 fully saturated rings. The molecule has 0 radical (unpaired) electrons. The van der Waals surface area contributed by atoms with Crippen LogP contribution in [0.4, 0.5) is 0 Å². The molecule has 1 N–H and O–H groups in total. The Kier molecular flexibility index (Phi) is 4.13. The minimum atomic E-state index is -0.301. The van der Waals surface area contributed by atoms with E-state index in [1.54, 1.807) is 11.0 Å². The third-order valence-corrected chi connectivity index (χ3v) is 5.39. The van der Waals surface area contributed by atoms with Crippen LogP contribution in [0.3, 0.4) is 0 Å². The number of aliphatic hydroxyl groups excluding tert-OH is 1. The van der Waals surface area contributed by atoms with Gasteiger partial charge in [0.15, 0.2) is 0 Å². The first-order valence-corrected chi connectivity index (χ1v) is 8.71. The molecule has 130 valence electrons. The number of fused-ring (bicyclic) bond motifs is 1. The van der Waals surface area contributed by atoms with Gasteiger partial charge in [0.1, 0.15) is 6.54 Å². The molecule has 0 spiro atoms. The number of carbonyl (C=O) groups is 1. The molecule has 1 saturated heterocycles. The lowest BCUT2D eigenvalue weighted by Gasteiger charge is -2.18. The van der Waals surface area contributed by atoms with Crippen LogP contribution < -0.4 is 5.56 Å². The molecule has 1 aromatic carbocycles. The largest absolute Gasteiger partial charge is 0.393 e. The van der Waals surface area contributed by atoms with E-state index in [-0.39, 0.29) is 30.0 Å². The summed E-state index contributed by atoms with van der Waals surface area (Å²) in [6, 6.07) is 12.7. The number of hydrogen-bond acceptors (Lipinski definition) is 4. The van der Waals surface area contributed by atoms with Crippen LogP contribution in [0.2, 0.25) is 0 Å². The Labute approximate surface area is 145 Å². The quantitative estimate of drug-likeness (QED) is 0.910. The van der Waals surface area contributed by atoms with Crippen molar-refractivity contribution in [1.29, 1.82) is 0 Å². The molecule has 1 saturated carbocycles. The molecule has 2 aromatic rings. The van der Waals surface area contributed by atoms with E-state index in [9.17, 15) is 14.7 Å². The molecule has 3 unspecified atom stereocenters. The van der Waals surface area contributed by atoms with E-state index in [1.807, 2.05) is 30.3 Å². The van der Waals surface area contributed by atoms with E-state index >= 15 is 0 Å². The molecule has 1 amide bonds. The molecule has 6 nitrogen and oxygen atoms in total. The van der Waals surface area contributed by atoms with E-state index in [1.165, 1.54) is 10.7 Å². The highest BCUT2D eigenvalue weighted by Gasteiger charge is 2.43. The fourth-order valence-electron chi connectivity index (χ4n) is 3.99. The van der Waals surface area contributed by atoms with Crippen molar-refractivity contribution >= 4 is 5.91 Å². The Balaban J connectivity index is 1.51. The normalized spacial score (nSPS) is 25.2. The SMILES string of the molecule is O=C(Cn1nc(-c2ccccc2)ccc1=O)N1CC2CCC(O)C2C1. The zero-order valence-electron chi connectivity index (χ0n) is 13.9. The van der Waals surface area contributed by atoms with E-state index in [2.05, 4.69) is 5.10 Å². The van der Waals surface area contributed by atoms with E-state index < -0.39 is 0 Å². The summed E-state index contributed by atoms with van der Waals surface area (Å²) in [6.45, 7) is 1.19. The highest BCUT2D eigenvalue weighted by atomic mass is 16.3. The van der Waals surface area contributed by atoms with Crippen molar-refractivity contribution in [3.05, 3.63) is 52.8 Å². The second-order valence-electron chi connectivity index (χ2n) is 6.95. The van der Waals surface area contributed by atoms with Gasteiger partial charge < -0.3 is 10.0 Å². The van der Waals surface area contributed by atoms with E-state index in [0.29, 0.717) is 24.7 Å². The zero-order valence-corrected chi connectivity index (χ0v) is 13.9. The monoisotopic (exact) mass is 339 g/mol. The average Bonchev–Trinajstić information content (AvgIpc) is 3.20. The van der Waals surface area contributed by atoms with Crippen LogP contribution in [-0.2, 0) is 11.3 Å². The number of amides is 1. The van der Waals surface area contributed by atoms with Crippen LogP contribution in [0.15, 0.2) is 47.3 Å². The van der Waals surface area contributed by atoms with Crippen molar-refractivity contribution in [3.8, 4) is 11.3 Å². The summed E-state index contributed by atoms with van der Waals surface area (Å²) < 4.78 is 1.23. The predicted molar refractivity (Wildman–Crippen MR) is 92.7 cm³/mol. The van der Waals surface area contributed by atoms with Gasteiger partial charge in [-0.15, -0.1) is 0 Å². The second-order valence-corrected chi connectivity index (χ2v) is 6.95. The van der Waals surface area contributed by atoms with Gasteiger partial charge in [0.25, 0.3) is 5.56 Å². The third kappa shape index (κ3) is 3.09. The summed E-state index contributed by atoms with van der Waals surface area (Å²) >= 11 is 0. The molecule has 2 heterocycles. The number of rotatable bonds is 3. The summed E-state index contributed by atoms with van der Waals surface area (Å²) in [7, 11) is 0. The highest BCUT2D eigenvalue weighted by molar-refractivity contribution is 5.76. The summed E-state index contributed by atoms with van der Waals surface area (Å²) in [6.07, 6.45) is 1.50. The van der Waals surface area contributed by atoms with Crippen molar-refractivity contribution in [2.75, 3.05) is 13.1 Å². The van der Waals surface area contributed by atoms with E-state index in [0.717, 1.165) is 18.4 Å². The standard InChI is InChI=1S/C19H21N3O3/c23-17-8-6-14-10-21(11-15(14)17)19(25)12-22-18(24)9-7-16(20-22)13-4-2-1-3-5-13/h1-5,7,9,14-15,17,23H,6,8,10-12H2. The summed E-state index contributed by atoms with van der Waals surface area (Å²) in [5.74, 6) is 0.463. The summed E-state index contributed by atoms with van der Waals surface area (Å²) in [5.41, 5.74) is 1.29. The lowest BCUT2D eigenvalue weighted by atomic mass is 10.00. The van der Waals surface area contributed by atoms with Crippen LogP contribution in [0, 0.1) is 11.8 Å². The molecule has 2 aliphatic rings. The molecule has 1 aliphatic heterocycles. The molecule has 4 rings (SSSR count). The highest BCUT2D eigenvalue weighted by Crippen LogP contribution is 2.38. The lowest BCUT2D eigenvalue weighted by molar-refractivity contribution is -0.131. The minimum absolute atomic E-state index is 0.0605. The molecule has 6 heteroatoms. The van der Waals surface area contributed by atoms with Crippen molar-refractivity contribution in [2.24, 2.45) is 11.8 Å². The molecule has 3 atom stereocenters. The lowest BCUT2D eigenvalue weighted by Crippen LogP contribution is -2.37. The molecule has 1 aliphatic carbocycles. The van der Waals surface area contributed by atoms with Gasteiger partial charge >= 0.3 is 0 Å². The van der Waals surface area contributed by atoms with Gasteiger partial charge in [-0.05, 0) is 24.8 Å². The van der Waals surface area contributed by atoms with Crippen LogP contribution in [0.5, 0.6) is 0 Å². The maximum absolute atomic E-state index is 12.6. The molecule has 25 heavy (non-hydrogen) atoms. The van der Waals surface area contributed by atoms with Crippen molar-refractivity contribution in [3.63, 3.8) is 0 Å². The number of nitrogens with zero attached hydrogens (tertiary/aromatic N) is 3. The third-order valence-electron chi connectivity index (χ3n) is 5.39. The second kappa shape index (κ2) is 6.44. The van der Waals surface area contributed by atoms with Gasteiger partial charge in [-0.2, -0.15) is 5.10 Å². The van der Waals surface area contributed by atoms with E-state index in [4.69, 9.17) is 0 Å². The van der Waals surface area contributed by atoms with Gasteiger partial charge in [-0.3, -0.25) is 9.59 Å². The zero-order chi connectivity index (χ0) is 17.4. The fourth-order valence-corrected chi connectivity index (χ4v) is 3.99. The Morgan fingerprint density at radius 3 is 2.68 bits per heavy atom. The Hall–Kier alpha value is -2.47. The maximum Gasteiger partial charge on any atom is 0.267 e. The van der Waals surface area contributed by atoms with Gasteiger partial charge in [0, 0.05) is 30.6 Å². The van der Waals surface area contributed by atoms with Crippen molar-refractivity contribution in [1.82, 2.24) is 14.7 Å². The van der Waals surface area contributed by atoms with Crippen LogP contribution in [0.1, 0.15) is 12.8 Å². The number of hydrogen-bond donors (Lipinski definition) is 1. The number of benzene rings is 1. The number of aromatic nitrogens is 2. The summed E-state index contributed by atoms with van der Waals surface area (Å²) in [5, 5.41) is 14.3. The maximum atomic E-state index is 12.6. The van der Waals surface area contributed by atoms with Crippen LogP contribution in [-0.4, -0.2) is 44.9 Å². The van der Waals surface area contributed by atoms with Gasteiger partial charge in [-0.25, -0.2) is 4.68 Å². The first-order chi connectivity index (χ1) is 12.1. The van der Waals surface area contributed by atoms with Gasteiger partial charge in [-0.1, -0.05) is 30.3 Å². The average molecular weight is 339 g/mol. The van der Waals surface area contributed by atoms with Crippen LogP contribution >= 0.6 is 0 Å². The minimum Gasteiger partial charge on any atom is -0.393 e. The molecular formula is C19H21N3O3. The topological polar surface area (TPSA) is 75.4 Å². The Morgan fingerprint density at radius 1 is 1.12 bits per heavy atom. The molecule has 0 bridgehead atoms. The Morgan fingerprint density at radius 2 is 1.92 bits per heavy atom. The van der Waals surface area contributed by atoms with Crippen LogP contribution in [0.25, 0.3) is 11.3 Å². The fraction of sp³-hybridized carbons (Fsp3) is 0.421. The van der Waals surface area contributed by atoms with Crippen molar-refractivity contribution in [2.45, 2.75) is 25.5 Å². The van der Waals surface area contributed by atoms with Crippen molar-refractivity contribution < 1.29 is 9.90 Å². The predicted octanol–water partition coefficient (Wildman–Crippen LogP) is 1.14.